The highest BCUT2D eigenvalue weighted by molar-refractivity contribution is 7.88. The lowest BCUT2D eigenvalue weighted by Crippen LogP contribution is -2.41. The van der Waals surface area contributed by atoms with Crippen LogP contribution in [-0.2, 0) is 26.2 Å². The third kappa shape index (κ3) is 7.99. The molecule has 0 spiro atoms. The van der Waals surface area contributed by atoms with E-state index in [0.717, 1.165) is 16.1 Å². The van der Waals surface area contributed by atoms with Crippen LogP contribution >= 0.6 is 0 Å². The van der Waals surface area contributed by atoms with E-state index < -0.39 is 28.1 Å². The summed E-state index contributed by atoms with van der Waals surface area (Å²) in [6, 6.07) is 8.15. The predicted molar refractivity (Wildman–Crippen MR) is 92.5 cm³/mol. The standard InChI is InChI=1S/C16H24N2O6S/c1-18(25(2,22)23)14(15(19)20)10-6-7-11-17-16(21)24-12-13-8-4-3-5-9-13/h3-5,8-9,14H,6-7,10-12H2,1-2H3,(H,17,21)(H,19,20). The van der Waals surface area contributed by atoms with Crippen molar-refractivity contribution in [2.75, 3.05) is 19.8 Å². The molecule has 1 rings (SSSR count). The van der Waals surface area contributed by atoms with Crippen molar-refractivity contribution < 1.29 is 27.9 Å². The molecule has 0 aromatic heterocycles. The molecule has 1 unspecified atom stereocenters. The second-order valence-electron chi connectivity index (χ2n) is 5.62. The number of carboxylic acid groups (broad SMARTS) is 1. The summed E-state index contributed by atoms with van der Waals surface area (Å²) in [5.74, 6) is -1.19. The Morgan fingerprint density at radius 1 is 1.24 bits per heavy atom. The van der Waals surface area contributed by atoms with Gasteiger partial charge in [-0.25, -0.2) is 13.2 Å². The number of rotatable bonds is 10. The Hall–Kier alpha value is -2.13. The molecule has 0 radical (unpaired) electrons. The topological polar surface area (TPSA) is 113 Å². The number of carboxylic acids is 1. The summed E-state index contributed by atoms with van der Waals surface area (Å²) >= 11 is 0. The SMILES string of the molecule is CN(C(CCCCNC(=O)OCc1ccccc1)C(=O)O)S(C)(=O)=O. The lowest BCUT2D eigenvalue weighted by atomic mass is 10.1. The first-order chi connectivity index (χ1) is 11.7. The smallest absolute Gasteiger partial charge is 0.407 e. The molecule has 1 amide bonds. The minimum atomic E-state index is -3.57. The van der Waals surface area contributed by atoms with Gasteiger partial charge in [-0.05, 0) is 24.8 Å². The normalized spacial score (nSPS) is 12.6. The number of ether oxygens (including phenoxy) is 1. The summed E-state index contributed by atoms with van der Waals surface area (Å²) in [5.41, 5.74) is 0.880. The Bertz CT molecular complexity index is 662. The Labute approximate surface area is 147 Å². The van der Waals surface area contributed by atoms with Crippen LogP contribution in [0.5, 0.6) is 0 Å². The van der Waals surface area contributed by atoms with Crippen molar-refractivity contribution in [3.05, 3.63) is 35.9 Å². The average molecular weight is 372 g/mol. The highest BCUT2D eigenvalue weighted by atomic mass is 32.2. The van der Waals surface area contributed by atoms with Crippen molar-refractivity contribution in [1.82, 2.24) is 9.62 Å². The van der Waals surface area contributed by atoms with Gasteiger partial charge >= 0.3 is 12.1 Å². The van der Waals surface area contributed by atoms with E-state index in [2.05, 4.69) is 5.32 Å². The zero-order valence-corrected chi connectivity index (χ0v) is 15.2. The van der Waals surface area contributed by atoms with E-state index in [0.29, 0.717) is 19.4 Å². The molecule has 0 aliphatic carbocycles. The van der Waals surface area contributed by atoms with Crippen LogP contribution in [0.25, 0.3) is 0 Å². The van der Waals surface area contributed by atoms with E-state index in [1.165, 1.54) is 7.05 Å². The molecule has 2 N–H and O–H groups in total. The minimum absolute atomic E-state index is 0.166. The lowest BCUT2D eigenvalue weighted by Gasteiger charge is -2.22. The van der Waals surface area contributed by atoms with Gasteiger partial charge in [0.25, 0.3) is 0 Å². The molecule has 8 nitrogen and oxygen atoms in total. The van der Waals surface area contributed by atoms with Crippen LogP contribution < -0.4 is 5.32 Å². The molecule has 1 atom stereocenters. The van der Waals surface area contributed by atoms with Gasteiger partial charge in [0.15, 0.2) is 0 Å². The molecule has 140 valence electrons. The summed E-state index contributed by atoms with van der Waals surface area (Å²) in [6.07, 6.45) is 1.55. The number of hydrogen-bond acceptors (Lipinski definition) is 5. The van der Waals surface area contributed by atoms with Crippen molar-refractivity contribution in [2.24, 2.45) is 0 Å². The van der Waals surface area contributed by atoms with Crippen LogP contribution in [0.15, 0.2) is 30.3 Å². The number of nitrogens with one attached hydrogen (secondary N) is 1. The van der Waals surface area contributed by atoms with Gasteiger partial charge in [0.1, 0.15) is 12.6 Å². The number of carbonyl (C=O) groups is 2. The highest BCUT2D eigenvalue weighted by Gasteiger charge is 2.28. The van der Waals surface area contributed by atoms with E-state index in [-0.39, 0.29) is 13.0 Å². The van der Waals surface area contributed by atoms with E-state index in [9.17, 15) is 18.0 Å². The predicted octanol–water partition coefficient (Wildman–Crippen LogP) is 1.43. The number of alkyl carbamates (subject to hydrolysis) is 1. The van der Waals surface area contributed by atoms with Gasteiger partial charge in [0.2, 0.25) is 10.0 Å². The molecule has 0 bridgehead atoms. The number of sulfonamides is 1. The van der Waals surface area contributed by atoms with E-state index in [1.807, 2.05) is 30.3 Å². The number of nitrogens with zero attached hydrogens (tertiary/aromatic N) is 1. The second kappa shape index (κ2) is 10.00. The zero-order chi connectivity index (χ0) is 18.9. The average Bonchev–Trinajstić information content (AvgIpc) is 2.55. The molecule has 0 saturated heterocycles. The first-order valence-corrected chi connectivity index (χ1v) is 9.67. The minimum Gasteiger partial charge on any atom is -0.480 e. The van der Waals surface area contributed by atoms with Crippen molar-refractivity contribution in [3.63, 3.8) is 0 Å². The van der Waals surface area contributed by atoms with Gasteiger partial charge in [-0.1, -0.05) is 30.3 Å². The van der Waals surface area contributed by atoms with E-state index in [1.54, 1.807) is 0 Å². The summed E-state index contributed by atoms with van der Waals surface area (Å²) in [6.45, 7) is 0.496. The number of unbranched alkanes of at least 4 members (excludes halogenated alkanes) is 1. The van der Waals surface area contributed by atoms with Crippen LogP contribution in [0.2, 0.25) is 0 Å². The summed E-state index contributed by atoms with van der Waals surface area (Å²) < 4.78 is 28.8. The fourth-order valence-electron chi connectivity index (χ4n) is 2.12. The largest absolute Gasteiger partial charge is 0.480 e. The molecule has 0 aliphatic heterocycles. The maximum Gasteiger partial charge on any atom is 0.407 e. The summed E-state index contributed by atoms with van der Waals surface area (Å²) in [4.78, 5) is 22.7. The third-order valence-corrected chi connectivity index (χ3v) is 4.93. The number of aliphatic carboxylic acids is 1. The fourth-order valence-corrected chi connectivity index (χ4v) is 2.78. The molecule has 25 heavy (non-hydrogen) atoms. The van der Waals surface area contributed by atoms with Crippen molar-refractivity contribution in [1.29, 1.82) is 0 Å². The third-order valence-electron chi connectivity index (χ3n) is 3.63. The highest BCUT2D eigenvalue weighted by Crippen LogP contribution is 2.11. The van der Waals surface area contributed by atoms with Gasteiger partial charge < -0.3 is 15.2 Å². The van der Waals surface area contributed by atoms with E-state index in [4.69, 9.17) is 9.84 Å². The van der Waals surface area contributed by atoms with Gasteiger partial charge in [-0.2, -0.15) is 4.31 Å². The molecular weight excluding hydrogens is 348 g/mol. The Morgan fingerprint density at radius 3 is 2.44 bits per heavy atom. The second-order valence-corrected chi connectivity index (χ2v) is 7.66. The number of benzene rings is 1. The van der Waals surface area contributed by atoms with Crippen molar-refractivity contribution >= 4 is 22.1 Å². The molecule has 9 heteroatoms. The van der Waals surface area contributed by atoms with Crippen LogP contribution in [0.3, 0.4) is 0 Å². The van der Waals surface area contributed by atoms with Crippen LogP contribution in [0.4, 0.5) is 4.79 Å². The van der Waals surface area contributed by atoms with E-state index >= 15 is 0 Å². The van der Waals surface area contributed by atoms with Gasteiger partial charge in [0.05, 0.1) is 6.26 Å². The monoisotopic (exact) mass is 372 g/mol. The lowest BCUT2D eigenvalue weighted by molar-refractivity contribution is -0.141. The number of carbonyl (C=O) groups excluding carboxylic acids is 1. The van der Waals surface area contributed by atoms with Crippen LogP contribution in [0, 0.1) is 0 Å². The zero-order valence-electron chi connectivity index (χ0n) is 14.3. The number of amides is 1. The molecule has 1 aromatic carbocycles. The Kier molecular flexibility index (Phi) is 8.36. The fraction of sp³-hybridized carbons (Fsp3) is 0.500. The molecule has 0 heterocycles. The molecule has 0 aliphatic rings. The van der Waals surface area contributed by atoms with Crippen molar-refractivity contribution in [3.8, 4) is 0 Å². The van der Waals surface area contributed by atoms with Crippen LogP contribution in [-0.4, -0.2) is 55.8 Å². The Morgan fingerprint density at radius 2 is 1.88 bits per heavy atom. The maximum absolute atomic E-state index is 11.5. The number of hydrogen-bond donors (Lipinski definition) is 2. The van der Waals surface area contributed by atoms with Crippen molar-refractivity contribution in [2.45, 2.75) is 31.9 Å². The van der Waals surface area contributed by atoms with Gasteiger partial charge in [-0.15, -0.1) is 0 Å². The quantitative estimate of drug-likeness (QED) is 0.601. The molecular formula is C16H24N2O6S. The van der Waals surface area contributed by atoms with Gasteiger partial charge in [-0.3, -0.25) is 4.79 Å². The molecule has 0 fully saturated rings. The maximum atomic E-state index is 11.5. The molecule has 1 aromatic rings. The first-order valence-electron chi connectivity index (χ1n) is 7.82. The summed E-state index contributed by atoms with van der Waals surface area (Å²) in [7, 11) is -2.33. The number of likely N-dealkylation sites (N-methyl/N-ethyl adjacent to an activating group) is 1. The van der Waals surface area contributed by atoms with Crippen LogP contribution in [0.1, 0.15) is 24.8 Å². The Balaban J connectivity index is 2.25. The molecule has 0 saturated carbocycles. The first kappa shape index (κ1) is 20.9. The summed E-state index contributed by atoms with van der Waals surface area (Å²) in [5, 5.41) is 11.7. The van der Waals surface area contributed by atoms with Gasteiger partial charge in [0, 0.05) is 13.6 Å².